The summed E-state index contributed by atoms with van der Waals surface area (Å²) in [5.41, 5.74) is 1.28. The molecular formula is C17H16N4O4S. The van der Waals surface area contributed by atoms with E-state index in [4.69, 9.17) is 9.47 Å². The van der Waals surface area contributed by atoms with Gasteiger partial charge in [0.05, 0.1) is 6.61 Å². The molecule has 1 aromatic carbocycles. The van der Waals surface area contributed by atoms with Crippen LogP contribution in [0.1, 0.15) is 17.3 Å². The van der Waals surface area contributed by atoms with Crippen LogP contribution in [-0.4, -0.2) is 45.2 Å². The molecule has 26 heavy (non-hydrogen) atoms. The third-order valence-electron chi connectivity index (χ3n) is 3.35. The van der Waals surface area contributed by atoms with Crippen molar-refractivity contribution in [3.05, 3.63) is 46.7 Å². The lowest BCUT2D eigenvalue weighted by atomic mass is 10.1. The van der Waals surface area contributed by atoms with Gasteiger partial charge in [-0.15, -0.1) is 10.2 Å². The summed E-state index contributed by atoms with van der Waals surface area (Å²) < 4.78 is 10.3. The van der Waals surface area contributed by atoms with Crippen LogP contribution in [0.25, 0.3) is 11.4 Å². The van der Waals surface area contributed by atoms with Gasteiger partial charge in [-0.2, -0.15) is 16.1 Å². The lowest BCUT2D eigenvalue weighted by Crippen LogP contribution is -2.19. The molecule has 134 valence electrons. The van der Waals surface area contributed by atoms with Crippen LogP contribution in [0.15, 0.2) is 41.1 Å². The Hall–Kier alpha value is -3.07. The fourth-order valence-electron chi connectivity index (χ4n) is 2.11. The summed E-state index contributed by atoms with van der Waals surface area (Å²) in [7, 11) is 0. The Kier molecular flexibility index (Phi) is 5.69. The molecule has 0 amide bonds. The maximum absolute atomic E-state index is 12.1. The zero-order valence-electron chi connectivity index (χ0n) is 14.0. The molecule has 0 atom stereocenters. The number of carbonyl (C=O) groups excluding carboxylic acids is 2. The number of esters is 1. The molecule has 0 aliphatic heterocycles. The number of nitrogens with zero attached hydrogens (tertiary/aromatic N) is 4. The maximum Gasteiger partial charge on any atom is 0.330 e. The largest absolute Gasteiger partial charge is 0.494 e. The van der Waals surface area contributed by atoms with E-state index in [0.717, 1.165) is 10.4 Å². The van der Waals surface area contributed by atoms with E-state index in [1.807, 2.05) is 23.8 Å². The molecule has 0 aliphatic carbocycles. The van der Waals surface area contributed by atoms with E-state index in [-0.39, 0.29) is 18.9 Å². The first-order valence-corrected chi connectivity index (χ1v) is 8.82. The van der Waals surface area contributed by atoms with Crippen LogP contribution in [0.5, 0.6) is 5.75 Å². The van der Waals surface area contributed by atoms with Crippen molar-refractivity contribution in [2.75, 3.05) is 13.2 Å². The number of Topliss-reactive ketones (excluding diaryl/α,β-unsaturated/α-hetero) is 1. The number of aromatic nitrogens is 4. The van der Waals surface area contributed by atoms with Crippen LogP contribution in [0, 0.1) is 0 Å². The molecule has 0 bridgehead atoms. The number of hydrogen-bond acceptors (Lipinski definition) is 8. The summed E-state index contributed by atoms with van der Waals surface area (Å²) in [4.78, 5) is 25.1. The third kappa shape index (κ3) is 4.51. The quantitative estimate of drug-likeness (QED) is 0.442. The van der Waals surface area contributed by atoms with Gasteiger partial charge in [0.2, 0.25) is 5.82 Å². The summed E-state index contributed by atoms with van der Waals surface area (Å²) in [6.07, 6.45) is 0. The second-order valence-corrected chi connectivity index (χ2v) is 5.98. The van der Waals surface area contributed by atoms with Crippen molar-refractivity contribution in [2.45, 2.75) is 13.5 Å². The summed E-state index contributed by atoms with van der Waals surface area (Å²) >= 11 is 1.52. The van der Waals surface area contributed by atoms with Crippen LogP contribution in [0.4, 0.5) is 0 Å². The molecule has 0 unspecified atom stereocenters. The third-order valence-corrected chi connectivity index (χ3v) is 4.04. The predicted molar refractivity (Wildman–Crippen MR) is 94.0 cm³/mol. The van der Waals surface area contributed by atoms with Crippen molar-refractivity contribution in [3.63, 3.8) is 0 Å². The smallest absolute Gasteiger partial charge is 0.330 e. The molecule has 0 fully saturated rings. The molecule has 0 saturated carbocycles. The van der Waals surface area contributed by atoms with Crippen LogP contribution in [-0.2, 0) is 16.1 Å². The van der Waals surface area contributed by atoms with Crippen molar-refractivity contribution in [3.8, 4) is 17.1 Å². The molecule has 0 N–H and O–H groups in total. The average Bonchev–Trinajstić information content (AvgIpc) is 3.32. The number of tetrazole rings is 1. The monoisotopic (exact) mass is 372 g/mol. The molecule has 0 saturated heterocycles. The molecule has 2 heterocycles. The van der Waals surface area contributed by atoms with Crippen LogP contribution < -0.4 is 4.74 Å². The SMILES string of the molecule is CCOc1ccc(C(=O)COC(=O)Cn2nnc(-c3ccsc3)n2)cc1. The number of benzene rings is 1. The first kappa shape index (κ1) is 17.7. The van der Waals surface area contributed by atoms with Gasteiger partial charge in [-0.1, -0.05) is 0 Å². The summed E-state index contributed by atoms with van der Waals surface area (Å²) in [6.45, 7) is 1.87. The van der Waals surface area contributed by atoms with Crippen molar-refractivity contribution in [2.24, 2.45) is 0 Å². The van der Waals surface area contributed by atoms with E-state index in [1.165, 1.54) is 11.3 Å². The van der Waals surface area contributed by atoms with Gasteiger partial charge in [0.25, 0.3) is 0 Å². The van der Waals surface area contributed by atoms with Crippen molar-refractivity contribution >= 4 is 23.1 Å². The number of hydrogen-bond donors (Lipinski definition) is 0. The Balaban J connectivity index is 1.50. The summed E-state index contributed by atoms with van der Waals surface area (Å²) in [6, 6.07) is 8.52. The molecule has 3 rings (SSSR count). The van der Waals surface area contributed by atoms with Gasteiger partial charge in [-0.05, 0) is 47.8 Å². The highest BCUT2D eigenvalue weighted by atomic mass is 32.1. The lowest BCUT2D eigenvalue weighted by Gasteiger charge is -2.05. The van der Waals surface area contributed by atoms with Gasteiger partial charge in [0.15, 0.2) is 18.9 Å². The highest BCUT2D eigenvalue weighted by Gasteiger charge is 2.13. The van der Waals surface area contributed by atoms with E-state index >= 15 is 0 Å². The molecule has 0 aliphatic rings. The highest BCUT2D eigenvalue weighted by Crippen LogP contribution is 2.16. The van der Waals surface area contributed by atoms with Gasteiger partial charge < -0.3 is 9.47 Å². The number of ketones is 1. The van der Waals surface area contributed by atoms with Crippen molar-refractivity contribution in [1.29, 1.82) is 0 Å². The van der Waals surface area contributed by atoms with E-state index in [2.05, 4.69) is 15.4 Å². The standard InChI is InChI=1S/C17H16N4O4S/c1-2-24-14-5-3-12(4-6-14)15(22)10-25-16(23)9-21-19-17(18-20-21)13-7-8-26-11-13/h3-8,11H,2,9-10H2,1H3. The Labute approximate surface area is 153 Å². The molecular weight excluding hydrogens is 356 g/mol. The van der Waals surface area contributed by atoms with Gasteiger partial charge in [0.1, 0.15) is 5.75 Å². The molecule has 0 radical (unpaired) electrons. The van der Waals surface area contributed by atoms with Gasteiger partial charge in [-0.3, -0.25) is 4.79 Å². The maximum atomic E-state index is 12.1. The molecule has 0 spiro atoms. The van der Waals surface area contributed by atoms with E-state index in [9.17, 15) is 9.59 Å². The minimum Gasteiger partial charge on any atom is -0.494 e. The molecule has 8 nitrogen and oxygen atoms in total. The number of thiophene rings is 1. The van der Waals surface area contributed by atoms with Crippen LogP contribution in [0.3, 0.4) is 0 Å². The van der Waals surface area contributed by atoms with Crippen molar-refractivity contribution < 1.29 is 19.1 Å². The van der Waals surface area contributed by atoms with E-state index in [0.29, 0.717) is 23.7 Å². The lowest BCUT2D eigenvalue weighted by molar-refractivity contribution is -0.143. The zero-order chi connectivity index (χ0) is 18.4. The minimum absolute atomic E-state index is 0.215. The fraction of sp³-hybridized carbons (Fsp3) is 0.235. The van der Waals surface area contributed by atoms with Gasteiger partial charge >= 0.3 is 5.97 Å². The second kappa shape index (κ2) is 8.34. The number of rotatable bonds is 8. The molecule has 3 aromatic rings. The Bertz CT molecular complexity index is 875. The molecule has 2 aromatic heterocycles. The van der Waals surface area contributed by atoms with Crippen LogP contribution in [0.2, 0.25) is 0 Å². The van der Waals surface area contributed by atoms with Crippen molar-refractivity contribution in [1.82, 2.24) is 20.2 Å². The highest BCUT2D eigenvalue weighted by molar-refractivity contribution is 7.08. The Morgan fingerprint density at radius 1 is 1.19 bits per heavy atom. The van der Waals surface area contributed by atoms with E-state index in [1.54, 1.807) is 24.3 Å². The topological polar surface area (TPSA) is 96.2 Å². The first-order valence-electron chi connectivity index (χ1n) is 7.87. The Morgan fingerprint density at radius 2 is 2.00 bits per heavy atom. The number of ether oxygens (including phenoxy) is 2. The predicted octanol–water partition coefficient (Wildman–Crippen LogP) is 2.23. The van der Waals surface area contributed by atoms with Gasteiger partial charge in [-0.25, -0.2) is 4.79 Å². The normalized spacial score (nSPS) is 10.5. The first-order chi connectivity index (χ1) is 12.7. The summed E-state index contributed by atoms with van der Waals surface area (Å²) in [5, 5.41) is 15.6. The second-order valence-electron chi connectivity index (χ2n) is 5.20. The fourth-order valence-corrected chi connectivity index (χ4v) is 2.75. The average molecular weight is 372 g/mol. The number of carbonyl (C=O) groups is 2. The van der Waals surface area contributed by atoms with Gasteiger partial charge in [0, 0.05) is 16.5 Å². The van der Waals surface area contributed by atoms with E-state index < -0.39 is 5.97 Å². The Morgan fingerprint density at radius 3 is 2.69 bits per heavy atom. The molecule has 9 heteroatoms. The summed E-state index contributed by atoms with van der Waals surface area (Å²) in [5.74, 6) is 0.203. The van der Waals surface area contributed by atoms with Crippen LogP contribution >= 0.6 is 11.3 Å². The minimum atomic E-state index is -0.612. The zero-order valence-corrected chi connectivity index (χ0v) is 14.8.